The van der Waals surface area contributed by atoms with Gasteiger partial charge in [-0.25, -0.2) is 4.98 Å². The molecule has 0 bridgehead atoms. The van der Waals surface area contributed by atoms with Crippen LogP contribution in [0, 0.1) is 13.8 Å². The van der Waals surface area contributed by atoms with E-state index in [1.165, 1.54) is 27.6 Å². The molecule has 0 N–H and O–H groups in total. The molecule has 142 valence electrons. The van der Waals surface area contributed by atoms with E-state index in [1.807, 2.05) is 6.07 Å². The molecule has 5 rings (SSSR count). The second-order valence-corrected chi connectivity index (χ2v) is 8.22. The van der Waals surface area contributed by atoms with Gasteiger partial charge in [0.1, 0.15) is 22.6 Å². The number of aryl methyl sites for hydroxylation is 2. The molecule has 4 aromatic rings. The molecule has 1 aliphatic rings. The van der Waals surface area contributed by atoms with Gasteiger partial charge in [0.2, 0.25) is 5.69 Å². The van der Waals surface area contributed by atoms with Crippen molar-refractivity contribution in [3.8, 4) is 11.3 Å². The van der Waals surface area contributed by atoms with Gasteiger partial charge in [-0.2, -0.15) is 4.57 Å². The van der Waals surface area contributed by atoms with Gasteiger partial charge >= 0.3 is 0 Å². The maximum Gasteiger partial charge on any atom is 0.238 e. The third-order valence-corrected chi connectivity index (χ3v) is 7.04. The van der Waals surface area contributed by atoms with Crippen LogP contribution in [0.2, 0.25) is 0 Å². The van der Waals surface area contributed by atoms with Crippen molar-refractivity contribution in [3.05, 3.63) is 59.5 Å². The summed E-state index contributed by atoms with van der Waals surface area (Å²) in [6, 6.07) is 12.9. The van der Waals surface area contributed by atoms with Gasteiger partial charge in [0.05, 0.1) is 5.56 Å². The van der Waals surface area contributed by atoms with Crippen molar-refractivity contribution < 1.29 is 8.98 Å². The molecule has 0 spiro atoms. The summed E-state index contributed by atoms with van der Waals surface area (Å²) in [5.41, 5.74) is 7.96. The maximum atomic E-state index is 6.44. The van der Waals surface area contributed by atoms with Crippen molar-refractivity contribution in [3.63, 3.8) is 0 Å². The Balaban J connectivity index is 1.98. The second kappa shape index (κ2) is 5.91. The largest absolute Gasteiger partial charge is 0.455 e. The van der Waals surface area contributed by atoms with E-state index in [1.54, 1.807) is 0 Å². The Morgan fingerprint density at radius 2 is 1.79 bits per heavy atom. The lowest BCUT2D eigenvalue weighted by molar-refractivity contribution is -0.763. The van der Waals surface area contributed by atoms with Crippen LogP contribution in [-0.4, -0.2) is 4.98 Å². The molecule has 1 atom stereocenters. The molecule has 0 amide bonds. The zero-order valence-electron chi connectivity index (χ0n) is 17.3. The molecule has 2 aromatic carbocycles. The van der Waals surface area contributed by atoms with Crippen molar-refractivity contribution in [2.24, 2.45) is 0 Å². The summed E-state index contributed by atoms with van der Waals surface area (Å²) in [6.07, 6.45) is 4.42. The first-order valence-corrected chi connectivity index (χ1v) is 10.4. The monoisotopic (exact) mass is 371 g/mol. The zero-order valence-corrected chi connectivity index (χ0v) is 17.3. The summed E-state index contributed by atoms with van der Waals surface area (Å²) in [5, 5.41) is 2.37. The normalized spacial score (nSPS) is 17.7. The number of hydrogen-bond acceptors (Lipinski definition) is 2. The quantitative estimate of drug-likeness (QED) is 0.394. The summed E-state index contributed by atoms with van der Waals surface area (Å²) in [7, 11) is 0. The second-order valence-electron chi connectivity index (χ2n) is 8.22. The van der Waals surface area contributed by atoms with Gasteiger partial charge in [-0.15, -0.1) is 0 Å². The molecule has 3 nitrogen and oxygen atoms in total. The lowest BCUT2D eigenvalue weighted by atomic mass is 9.71. The Morgan fingerprint density at radius 3 is 2.54 bits per heavy atom. The van der Waals surface area contributed by atoms with Gasteiger partial charge in [0.25, 0.3) is 0 Å². The van der Waals surface area contributed by atoms with E-state index in [2.05, 4.69) is 75.7 Å². The van der Waals surface area contributed by atoms with Crippen molar-refractivity contribution in [1.82, 2.24) is 4.98 Å². The highest BCUT2D eigenvalue weighted by atomic mass is 16.3. The van der Waals surface area contributed by atoms with Gasteiger partial charge in [-0.05, 0) is 25.5 Å². The molecule has 3 heteroatoms. The number of hydrogen-bond donors (Lipinski definition) is 0. The van der Waals surface area contributed by atoms with Gasteiger partial charge in [0, 0.05) is 29.5 Å². The molecular formula is C25H27N2O+. The molecule has 0 saturated carbocycles. The molecule has 0 radical (unpaired) electrons. The van der Waals surface area contributed by atoms with Crippen molar-refractivity contribution in [1.29, 1.82) is 0 Å². The van der Waals surface area contributed by atoms with Crippen molar-refractivity contribution >= 4 is 21.9 Å². The predicted molar refractivity (Wildman–Crippen MR) is 114 cm³/mol. The molecular weight excluding hydrogens is 344 g/mol. The van der Waals surface area contributed by atoms with Crippen LogP contribution in [-0.2, 0) is 5.54 Å². The molecule has 1 aliphatic heterocycles. The van der Waals surface area contributed by atoms with Crippen LogP contribution < -0.4 is 4.57 Å². The fourth-order valence-electron chi connectivity index (χ4n) is 5.53. The minimum atomic E-state index is 0.0560. The molecule has 0 aliphatic carbocycles. The summed E-state index contributed by atoms with van der Waals surface area (Å²) >= 11 is 0. The number of aromatic nitrogens is 2. The van der Waals surface area contributed by atoms with E-state index >= 15 is 0 Å². The Morgan fingerprint density at radius 1 is 1.04 bits per heavy atom. The molecule has 28 heavy (non-hydrogen) atoms. The Bertz CT molecular complexity index is 1230. The molecule has 0 fully saturated rings. The lowest BCUT2D eigenvalue weighted by Crippen LogP contribution is -2.62. The first-order chi connectivity index (χ1) is 13.5. The van der Waals surface area contributed by atoms with Crippen LogP contribution in [0.15, 0.2) is 47.0 Å². The van der Waals surface area contributed by atoms with E-state index in [0.717, 1.165) is 35.4 Å². The number of furan rings is 1. The van der Waals surface area contributed by atoms with Crippen LogP contribution in [0.5, 0.6) is 0 Å². The van der Waals surface area contributed by atoms with Crippen LogP contribution in [0.4, 0.5) is 0 Å². The molecule has 3 heterocycles. The molecule has 0 saturated heterocycles. The summed E-state index contributed by atoms with van der Waals surface area (Å²) < 4.78 is 8.95. The molecule has 1 unspecified atom stereocenters. The zero-order chi connectivity index (χ0) is 19.6. The highest BCUT2D eigenvalue weighted by Gasteiger charge is 2.51. The number of nitrogens with zero attached hydrogens (tertiary/aromatic N) is 2. The minimum absolute atomic E-state index is 0.0560. The lowest BCUT2D eigenvalue weighted by Gasteiger charge is -2.38. The topological polar surface area (TPSA) is 29.9 Å². The summed E-state index contributed by atoms with van der Waals surface area (Å²) in [5.74, 6) is 0.397. The van der Waals surface area contributed by atoms with E-state index in [9.17, 15) is 0 Å². The first kappa shape index (κ1) is 17.4. The maximum absolute atomic E-state index is 6.44. The highest BCUT2D eigenvalue weighted by molar-refractivity contribution is 6.10. The predicted octanol–water partition coefficient (Wildman–Crippen LogP) is 6.18. The average Bonchev–Trinajstić information content (AvgIpc) is 3.07. The highest BCUT2D eigenvalue weighted by Crippen LogP contribution is 2.49. The van der Waals surface area contributed by atoms with Crippen LogP contribution in [0.3, 0.4) is 0 Å². The average molecular weight is 372 g/mol. The number of rotatable bonds is 2. The van der Waals surface area contributed by atoms with Crippen molar-refractivity contribution in [2.45, 2.75) is 58.9 Å². The van der Waals surface area contributed by atoms with Crippen LogP contribution in [0.1, 0.15) is 56.5 Å². The smallest absolute Gasteiger partial charge is 0.238 e. The standard InChI is InChI=1S/C25H27N2O/c1-6-25(7-2)16(4)18-12-13-20-19-10-8-9-11-21(19)28-24(20)22(18)23-17(5)26-15(3)14-27(23)25/h8-14,16H,6-7H2,1-5H3/q+1. The third kappa shape index (κ3) is 2.05. The van der Waals surface area contributed by atoms with Gasteiger partial charge in [-0.1, -0.05) is 51.1 Å². The third-order valence-electron chi connectivity index (χ3n) is 7.04. The fraction of sp³-hybridized carbons (Fsp3) is 0.360. The van der Waals surface area contributed by atoms with E-state index in [-0.39, 0.29) is 5.54 Å². The first-order valence-electron chi connectivity index (χ1n) is 10.4. The number of para-hydroxylation sites is 1. The number of fused-ring (bicyclic) bond motifs is 7. The SMILES string of the molecule is CCC1(CC)C(C)c2ccc3c(oc4ccccc43)c2-c2c(C)nc(C)c[n+]21. The van der Waals surface area contributed by atoms with E-state index in [0.29, 0.717) is 5.92 Å². The fourth-order valence-corrected chi connectivity index (χ4v) is 5.53. The summed E-state index contributed by atoms with van der Waals surface area (Å²) in [4.78, 5) is 4.84. The van der Waals surface area contributed by atoms with E-state index < -0.39 is 0 Å². The molecule has 2 aromatic heterocycles. The Hall–Kier alpha value is -2.68. The Kier molecular flexibility index (Phi) is 3.67. The Labute approximate surface area is 166 Å². The van der Waals surface area contributed by atoms with E-state index in [4.69, 9.17) is 9.40 Å². The summed E-state index contributed by atoms with van der Waals surface area (Å²) in [6.45, 7) is 11.2. The van der Waals surface area contributed by atoms with Crippen LogP contribution >= 0.6 is 0 Å². The van der Waals surface area contributed by atoms with Crippen molar-refractivity contribution in [2.75, 3.05) is 0 Å². The van der Waals surface area contributed by atoms with Gasteiger partial charge in [-0.3, -0.25) is 0 Å². The van der Waals surface area contributed by atoms with Crippen LogP contribution in [0.25, 0.3) is 33.2 Å². The van der Waals surface area contributed by atoms with Gasteiger partial charge < -0.3 is 4.42 Å². The number of benzene rings is 2. The minimum Gasteiger partial charge on any atom is -0.455 e. The van der Waals surface area contributed by atoms with Gasteiger partial charge in [0.15, 0.2) is 11.7 Å².